The lowest BCUT2D eigenvalue weighted by Crippen LogP contribution is -1.71. The number of nitrogens with zero attached hydrogens (tertiary/aromatic N) is 2. The Labute approximate surface area is 119 Å². The molecule has 0 unspecified atom stereocenters. The lowest BCUT2D eigenvalue weighted by molar-refractivity contribution is 0.112. The molecule has 15 heavy (non-hydrogen) atoms. The first kappa shape index (κ1) is 13.4. The summed E-state index contributed by atoms with van der Waals surface area (Å²) in [6.07, 6.45) is 0.732. The van der Waals surface area contributed by atoms with Crippen LogP contribution in [-0.4, -0.2) is 16.3 Å². The third-order valence-electron chi connectivity index (χ3n) is 1.04. The number of carbonyl (C=O) groups is 1. The number of halogens is 3. The SMILES string of the molecule is Brc1csc(Br)n1.O=Cc1nc(Br)cs1. The van der Waals surface area contributed by atoms with Gasteiger partial charge < -0.3 is 0 Å². The van der Waals surface area contributed by atoms with Gasteiger partial charge >= 0.3 is 0 Å². The quantitative estimate of drug-likeness (QED) is 0.625. The molecular weight excluding hydrogens is 432 g/mol. The van der Waals surface area contributed by atoms with E-state index in [4.69, 9.17) is 0 Å². The molecule has 0 aromatic carbocycles. The van der Waals surface area contributed by atoms with Crippen molar-refractivity contribution in [3.8, 4) is 0 Å². The molecular formula is C7H3Br3N2OS2. The van der Waals surface area contributed by atoms with Crippen LogP contribution < -0.4 is 0 Å². The molecule has 0 saturated carbocycles. The number of hydrogen-bond acceptors (Lipinski definition) is 5. The highest BCUT2D eigenvalue weighted by atomic mass is 79.9. The Bertz CT molecular complexity index is 426. The summed E-state index contributed by atoms with van der Waals surface area (Å²) in [5, 5.41) is 4.20. The van der Waals surface area contributed by atoms with Crippen LogP contribution >= 0.6 is 70.5 Å². The third kappa shape index (κ3) is 5.30. The molecule has 0 aliphatic rings. The number of aromatic nitrogens is 2. The molecule has 80 valence electrons. The molecule has 2 rings (SSSR count). The molecule has 0 atom stereocenters. The summed E-state index contributed by atoms with van der Waals surface area (Å²) in [4.78, 5) is 17.7. The van der Waals surface area contributed by atoms with Gasteiger partial charge in [0.1, 0.15) is 9.21 Å². The molecule has 0 aliphatic heterocycles. The molecule has 0 spiro atoms. The van der Waals surface area contributed by atoms with Crippen molar-refractivity contribution in [3.05, 3.63) is 28.9 Å². The lowest BCUT2D eigenvalue weighted by atomic mass is 10.8. The standard InChI is InChI=1S/C4H2BrNOS.C3HBr2NS/c5-3-2-8-4(1-7)6-3;4-2-1-7-3(5)6-2/h1-2H;1H. The zero-order valence-corrected chi connectivity index (χ0v) is 13.4. The van der Waals surface area contributed by atoms with Gasteiger partial charge in [-0.25, -0.2) is 9.97 Å². The van der Waals surface area contributed by atoms with Gasteiger partial charge in [0.2, 0.25) is 0 Å². The first-order valence-corrected chi connectivity index (χ1v) is 7.58. The largest absolute Gasteiger partial charge is 0.295 e. The molecule has 0 bridgehead atoms. The van der Waals surface area contributed by atoms with Crippen molar-refractivity contribution in [2.75, 3.05) is 0 Å². The normalized spacial score (nSPS) is 9.27. The maximum Gasteiger partial charge on any atom is 0.178 e. The molecule has 3 nitrogen and oxygen atoms in total. The van der Waals surface area contributed by atoms with E-state index in [1.807, 2.05) is 5.38 Å². The van der Waals surface area contributed by atoms with Crippen LogP contribution in [0.25, 0.3) is 0 Å². The van der Waals surface area contributed by atoms with Crippen molar-refractivity contribution >= 4 is 76.7 Å². The number of carbonyl (C=O) groups excluding carboxylic acids is 1. The van der Waals surface area contributed by atoms with Crippen molar-refractivity contribution < 1.29 is 4.79 Å². The Morgan fingerprint density at radius 3 is 1.87 bits per heavy atom. The van der Waals surface area contributed by atoms with Gasteiger partial charge in [-0.1, -0.05) is 0 Å². The molecule has 0 fully saturated rings. The van der Waals surface area contributed by atoms with Gasteiger partial charge in [-0.3, -0.25) is 4.79 Å². The van der Waals surface area contributed by atoms with Crippen molar-refractivity contribution in [1.29, 1.82) is 0 Å². The average Bonchev–Trinajstić information content (AvgIpc) is 2.76. The van der Waals surface area contributed by atoms with Gasteiger partial charge in [0.25, 0.3) is 0 Å². The van der Waals surface area contributed by atoms with E-state index in [9.17, 15) is 4.79 Å². The Morgan fingerprint density at radius 1 is 1.07 bits per heavy atom. The van der Waals surface area contributed by atoms with Crippen molar-refractivity contribution in [2.45, 2.75) is 0 Å². The van der Waals surface area contributed by atoms with E-state index >= 15 is 0 Å². The summed E-state index contributed by atoms with van der Waals surface area (Å²) < 4.78 is 2.54. The maximum atomic E-state index is 9.95. The zero-order chi connectivity index (χ0) is 11.3. The van der Waals surface area contributed by atoms with Crippen LogP contribution in [0.2, 0.25) is 0 Å². The van der Waals surface area contributed by atoms with E-state index in [0.29, 0.717) is 5.01 Å². The van der Waals surface area contributed by atoms with Gasteiger partial charge in [0.05, 0.1) is 0 Å². The fourth-order valence-electron chi connectivity index (χ4n) is 0.555. The van der Waals surface area contributed by atoms with Gasteiger partial charge in [-0.05, 0) is 47.8 Å². The number of rotatable bonds is 1. The number of thiazole rings is 2. The van der Waals surface area contributed by atoms with Gasteiger partial charge in [0, 0.05) is 10.8 Å². The van der Waals surface area contributed by atoms with Crippen molar-refractivity contribution in [3.63, 3.8) is 0 Å². The Balaban J connectivity index is 0.000000151. The molecule has 0 aliphatic carbocycles. The van der Waals surface area contributed by atoms with Crippen LogP contribution in [0, 0.1) is 0 Å². The second-order valence-electron chi connectivity index (χ2n) is 2.05. The first-order chi connectivity index (χ1) is 7.11. The third-order valence-corrected chi connectivity index (χ3v) is 4.60. The highest BCUT2D eigenvalue weighted by molar-refractivity contribution is 9.11. The van der Waals surface area contributed by atoms with Crippen molar-refractivity contribution in [2.24, 2.45) is 0 Å². The summed E-state index contributed by atoms with van der Waals surface area (Å²) >= 11 is 12.4. The highest BCUT2D eigenvalue weighted by Crippen LogP contribution is 2.19. The second kappa shape index (κ2) is 6.85. The van der Waals surface area contributed by atoms with E-state index in [-0.39, 0.29) is 0 Å². The van der Waals surface area contributed by atoms with E-state index in [0.717, 1.165) is 19.4 Å². The summed E-state index contributed by atoms with van der Waals surface area (Å²) in [7, 11) is 0. The minimum absolute atomic E-state index is 0.511. The summed E-state index contributed by atoms with van der Waals surface area (Å²) in [5.41, 5.74) is 0. The van der Waals surface area contributed by atoms with Crippen LogP contribution in [-0.2, 0) is 0 Å². The maximum absolute atomic E-state index is 9.95. The summed E-state index contributed by atoms with van der Waals surface area (Å²) in [6, 6.07) is 0. The van der Waals surface area contributed by atoms with Crippen LogP contribution in [0.3, 0.4) is 0 Å². The Morgan fingerprint density at radius 2 is 1.67 bits per heavy atom. The highest BCUT2D eigenvalue weighted by Gasteiger charge is 1.93. The van der Waals surface area contributed by atoms with E-state index in [1.165, 1.54) is 11.3 Å². The van der Waals surface area contributed by atoms with E-state index < -0.39 is 0 Å². The number of hydrogen-bond donors (Lipinski definition) is 0. The van der Waals surface area contributed by atoms with Crippen LogP contribution in [0.15, 0.2) is 23.9 Å². The predicted octanol–water partition coefficient (Wildman–Crippen LogP) is 4.39. The van der Waals surface area contributed by atoms with Crippen LogP contribution in [0.4, 0.5) is 0 Å². The zero-order valence-electron chi connectivity index (χ0n) is 6.99. The predicted molar refractivity (Wildman–Crippen MR) is 72.7 cm³/mol. The van der Waals surface area contributed by atoms with Gasteiger partial charge in [-0.15, -0.1) is 22.7 Å². The topological polar surface area (TPSA) is 42.9 Å². The average molecular weight is 435 g/mol. The molecule has 0 N–H and O–H groups in total. The molecule has 2 aromatic rings. The number of aldehydes is 1. The summed E-state index contributed by atoms with van der Waals surface area (Å²) in [5.74, 6) is 0. The fraction of sp³-hybridized carbons (Fsp3) is 0. The molecule has 2 heterocycles. The lowest BCUT2D eigenvalue weighted by Gasteiger charge is -1.68. The minimum Gasteiger partial charge on any atom is -0.295 e. The second-order valence-corrected chi connectivity index (χ2v) is 6.70. The van der Waals surface area contributed by atoms with Crippen molar-refractivity contribution in [1.82, 2.24) is 9.97 Å². The van der Waals surface area contributed by atoms with Gasteiger partial charge in [0.15, 0.2) is 15.2 Å². The summed E-state index contributed by atoms with van der Waals surface area (Å²) in [6.45, 7) is 0. The molecule has 0 amide bonds. The monoisotopic (exact) mass is 432 g/mol. The first-order valence-electron chi connectivity index (χ1n) is 3.44. The smallest absolute Gasteiger partial charge is 0.178 e. The molecule has 0 radical (unpaired) electrons. The molecule has 0 saturated heterocycles. The van der Waals surface area contributed by atoms with Crippen LogP contribution in [0.5, 0.6) is 0 Å². The van der Waals surface area contributed by atoms with Gasteiger partial charge in [-0.2, -0.15) is 0 Å². The minimum atomic E-state index is 0.511. The Kier molecular flexibility index (Phi) is 6.13. The molecule has 2 aromatic heterocycles. The van der Waals surface area contributed by atoms with E-state index in [2.05, 4.69) is 57.8 Å². The van der Waals surface area contributed by atoms with E-state index in [1.54, 1.807) is 16.7 Å². The van der Waals surface area contributed by atoms with Crippen LogP contribution in [0.1, 0.15) is 9.80 Å². The molecule has 8 heteroatoms. The Hall–Kier alpha value is 0.370. The fourth-order valence-corrected chi connectivity index (χ4v) is 3.30.